The molecule has 0 saturated carbocycles. The summed E-state index contributed by atoms with van der Waals surface area (Å²) in [4.78, 5) is 15.5. The van der Waals surface area contributed by atoms with Crippen molar-refractivity contribution < 1.29 is 9.53 Å². The number of fused-ring (bicyclic) bond motifs is 1. The van der Waals surface area contributed by atoms with Crippen molar-refractivity contribution in [1.29, 1.82) is 0 Å². The van der Waals surface area contributed by atoms with Gasteiger partial charge in [0.05, 0.1) is 19.0 Å². The normalized spacial score (nSPS) is 10.7. The van der Waals surface area contributed by atoms with Crippen LogP contribution in [0, 0.1) is 0 Å². The van der Waals surface area contributed by atoms with Gasteiger partial charge in [0.25, 0.3) is 5.91 Å². The van der Waals surface area contributed by atoms with Gasteiger partial charge in [-0.1, -0.05) is 12.1 Å². The van der Waals surface area contributed by atoms with Gasteiger partial charge in [0.1, 0.15) is 11.3 Å². The molecule has 20 heavy (non-hydrogen) atoms. The fourth-order valence-corrected chi connectivity index (χ4v) is 2.07. The predicted octanol–water partition coefficient (Wildman–Crippen LogP) is 1.50. The van der Waals surface area contributed by atoms with Gasteiger partial charge in [-0.15, -0.1) is 0 Å². The highest BCUT2D eigenvalue weighted by Gasteiger charge is 2.13. The number of carbonyl (C=O) groups is 1. The molecule has 6 nitrogen and oxygen atoms in total. The van der Waals surface area contributed by atoms with E-state index < -0.39 is 5.91 Å². The van der Waals surface area contributed by atoms with Crippen molar-refractivity contribution >= 4 is 11.6 Å². The molecule has 0 bridgehead atoms. The zero-order valence-corrected chi connectivity index (χ0v) is 10.8. The van der Waals surface area contributed by atoms with Crippen molar-refractivity contribution in [2.24, 2.45) is 5.73 Å². The van der Waals surface area contributed by atoms with Crippen molar-refractivity contribution in [2.75, 3.05) is 7.11 Å². The molecule has 1 amide bonds. The quantitative estimate of drug-likeness (QED) is 0.780. The molecular formula is C14H12N4O2. The van der Waals surface area contributed by atoms with Gasteiger partial charge >= 0.3 is 0 Å². The summed E-state index contributed by atoms with van der Waals surface area (Å²) in [5.41, 5.74) is 7.77. The van der Waals surface area contributed by atoms with Crippen LogP contribution in [-0.4, -0.2) is 27.6 Å². The Morgan fingerprint density at radius 3 is 2.95 bits per heavy atom. The molecule has 3 aromatic rings. The maximum Gasteiger partial charge on any atom is 0.254 e. The summed E-state index contributed by atoms with van der Waals surface area (Å²) in [6, 6.07) is 9.39. The van der Waals surface area contributed by atoms with E-state index in [-0.39, 0.29) is 0 Å². The summed E-state index contributed by atoms with van der Waals surface area (Å²) in [6.07, 6.45) is 3.05. The Morgan fingerprint density at radius 1 is 1.35 bits per heavy atom. The average Bonchev–Trinajstić information content (AvgIpc) is 2.91. The Bertz CT molecular complexity index is 795. The Morgan fingerprint density at radius 2 is 2.20 bits per heavy atom. The lowest BCUT2D eigenvalue weighted by molar-refractivity contribution is 0.100. The second-order valence-electron chi connectivity index (χ2n) is 4.22. The molecule has 1 aromatic carbocycles. The topological polar surface area (TPSA) is 82.5 Å². The second-order valence-corrected chi connectivity index (χ2v) is 4.22. The minimum Gasteiger partial charge on any atom is -0.497 e. The molecule has 0 aliphatic rings. The van der Waals surface area contributed by atoms with Crippen molar-refractivity contribution in [3.05, 3.63) is 48.3 Å². The van der Waals surface area contributed by atoms with Gasteiger partial charge in [-0.25, -0.2) is 9.50 Å². The summed E-state index contributed by atoms with van der Waals surface area (Å²) in [6.45, 7) is 0. The minimum absolute atomic E-state index is 0.301. The number of nitrogens with zero attached hydrogens (tertiary/aromatic N) is 3. The van der Waals surface area contributed by atoms with Crippen molar-refractivity contribution in [2.45, 2.75) is 0 Å². The molecule has 0 saturated heterocycles. The Hall–Kier alpha value is -2.89. The van der Waals surface area contributed by atoms with E-state index in [1.165, 1.54) is 6.20 Å². The number of nitrogens with two attached hydrogens (primary N) is 1. The van der Waals surface area contributed by atoms with Crippen LogP contribution in [0.2, 0.25) is 0 Å². The molecule has 0 unspecified atom stereocenters. The molecular weight excluding hydrogens is 256 g/mol. The van der Waals surface area contributed by atoms with E-state index in [2.05, 4.69) is 10.1 Å². The van der Waals surface area contributed by atoms with E-state index in [0.29, 0.717) is 11.2 Å². The molecule has 0 aliphatic heterocycles. The Labute approximate surface area is 114 Å². The molecule has 0 atom stereocenters. The molecule has 0 aliphatic carbocycles. The van der Waals surface area contributed by atoms with Gasteiger partial charge < -0.3 is 10.5 Å². The summed E-state index contributed by atoms with van der Waals surface area (Å²) in [5.74, 6) is 0.199. The predicted molar refractivity (Wildman–Crippen MR) is 73.5 cm³/mol. The van der Waals surface area contributed by atoms with Crippen LogP contribution in [0.5, 0.6) is 5.75 Å². The SMILES string of the molecule is COc1cccc(-c2ccnc3c(C(N)=O)cnn23)c1. The maximum atomic E-state index is 11.3. The number of methoxy groups -OCH3 is 1. The number of amides is 1. The van der Waals surface area contributed by atoms with Crippen LogP contribution < -0.4 is 10.5 Å². The standard InChI is InChI=1S/C14H12N4O2/c1-20-10-4-2-3-9(7-10)12-5-6-16-14-11(13(15)19)8-17-18(12)14/h2-8H,1H3,(H2,15,19). The smallest absolute Gasteiger partial charge is 0.254 e. The fourth-order valence-electron chi connectivity index (χ4n) is 2.07. The zero-order valence-electron chi connectivity index (χ0n) is 10.8. The monoisotopic (exact) mass is 268 g/mol. The van der Waals surface area contributed by atoms with Crippen LogP contribution in [0.4, 0.5) is 0 Å². The lowest BCUT2D eigenvalue weighted by atomic mass is 10.1. The average molecular weight is 268 g/mol. The molecule has 2 aromatic heterocycles. The van der Waals surface area contributed by atoms with Crippen molar-refractivity contribution in [3.8, 4) is 17.0 Å². The third kappa shape index (κ3) is 1.87. The lowest BCUT2D eigenvalue weighted by Gasteiger charge is -2.06. The highest BCUT2D eigenvalue weighted by atomic mass is 16.5. The number of rotatable bonds is 3. The van der Waals surface area contributed by atoms with Crippen LogP contribution in [-0.2, 0) is 0 Å². The number of primary amides is 1. The molecule has 0 spiro atoms. The Kier molecular flexibility index (Phi) is 2.83. The molecule has 0 radical (unpaired) electrons. The number of aromatic nitrogens is 3. The van der Waals surface area contributed by atoms with Gasteiger partial charge in [0.15, 0.2) is 5.65 Å². The number of ether oxygens (including phenoxy) is 1. The molecule has 3 rings (SSSR count). The van der Waals surface area contributed by atoms with E-state index in [1.807, 2.05) is 30.3 Å². The van der Waals surface area contributed by atoms with Gasteiger partial charge in [-0.05, 0) is 18.2 Å². The van der Waals surface area contributed by atoms with Crippen LogP contribution in [0.25, 0.3) is 16.9 Å². The van der Waals surface area contributed by atoms with Crippen LogP contribution in [0.15, 0.2) is 42.7 Å². The maximum absolute atomic E-state index is 11.3. The van der Waals surface area contributed by atoms with Gasteiger partial charge in [-0.3, -0.25) is 4.79 Å². The highest BCUT2D eigenvalue weighted by molar-refractivity contribution is 5.98. The third-order valence-corrected chi connectivity index (χ3v) is 3.03. The first-order valence-corrected chi connectivity index (χ1v) is 5.97. The van der Waals surface area contributed by atoms with E-state index in [0.717, 1.165) is 17.0 Å². The van der Waals surface area contributed by atoms with Gasteiger partial charge in [0.2, 0.25) is 0 Å². The van der Waals surface area contributed by atoms with Crippen molar-refractivity contribution in [3.63, 3.8) is 0 Å². The summed E-state index contributed by atoms with van der Waals surface area (Å²) in [7, 11) is 1.61. The largest absolute Gasteiger partial charge is 0.497 e. The van der Waals surface area contributed by atoms with Gasteiger partial charge in [-0.2, -0.15) is 5.10 Å². The molecule has 2 N–H and O–H groups in total. The lowest BCUT2D eigenvalue weighted by Crippen LogP contribution is -2.11. The number of hydrogen-bond acceptors (Lipinski definition) is 4. The van der Waals surface area contributed by atoms with Gasteiger partial charge in [0, 0.05) is 11.8 Å². The van der Waals surface area contributed by atoms with E-state index >= 15 is 0 Å². The first-order valence-electron chi connectivity index (χ1n) is 5.97. The van der Waals surface area contributed by atoms with E-state index in [1.54, 1.807) is 17.8 Å². The van der Waals surface area contributed by atoms with Crippen LogP contribution in [0.3, 0.4) is 0 Å². The van der Waals surface area contributed by atoms with Crippen molar-refractivity contribution in [1.82, 2.24) is 14.6 Å². The summed E-state index contributed by atoms with van der Waals surface area (Å²) < 4.78 is 6.80. The number of hydrogen-bond donors (Lipinski definition) is 1. The number of carbonyl (C=O) groups excluding carboxylic acids is 1. The molecule has 2 heterocycles. The van der Waals surface area contributed by atoms with E-state index in [4.69, 9.17) is 10.5 Å². The van der Waals surface area contributed by atoms with E-state index in [9.17, 15) is 4.79 Å². The molecule has 100 valence electrons. The first-order chi connectivity index (χ1) is 9.70. The first kappa shape index (κ1) is 12.2. The molecule has 6 heteroatoms. The fraction of sp³-hybridized carbons (Fsp3) is 0.0714. The Balaban J connectivity index is 2.23. The van der Waals surface area contributed by atoms with Crippen LogP contribution >= 0.6 is 0 Å². The van der Waals surface area contributed by atoms with Crippen LogP contribution in [0.1, 0.15) is 10.4 Å². The minimum atomic E-state index is -0.546. The third-order valence-electron chi connectivity index (χ3n) is 3.03. The molecule has 0 fully saturated rings. The summed E-state index contributed by atoms with van der Waals surface area (Å²) in [5, 5.41) is 4.18. The number of benzene rings is 1. The highest BCUT2D eigenvalue weighted by Crippen LogP contribution is 2.24. The summed E-state index contributed by atoms with van der Waals surface area (Å²) >= 11 is 0. The zero-order chi connectivity index (χ0) is 14.1. The second kappa shape index (κ2) is 4.65.